The number of carbonyl (C=O) groups excluding carboxylic acids is 1. The van der Waals surface area contributed by atoms with E-state index in [1.165, 1.54) is 12.0 Å². The van der Waals surface area contributed by atoms with Crippen LogP contribution in [-0.2, 0) is 4.74 Å². The first-order chi connectivity index (χ1) is 9.67. The van der Waals surface area contributed by atoms with E-state index in [0.717, 1.165) is 44.8 Å². The number of hydrogen-bond donors (Lipinski definition) is 1. The molecule has 2 saturated heterocycles. The lowest BCUT2D eigenvalue weighted by Crippen LogP contribution is -2.48. The van der Waals surface area contributed by atoms with E-state index in [0.29, 0.717) is 0 Å². The Morgan fingerprint density at radius 1 is 1.30 bits per heavy atom. The molecule has 0 saturated carbocycles. The highest BCUT2D eigenvalue weighted by atomic mass is 16.5. The zero-order valence-corrected chi connectivity index (χ0v) is 12.0. The molecule has 1 spiro atoms. The van der Waals surface area contributed by atoms with Gasteiger partial charge in [0, 0.05) is 30.8 Å². The number of rotatable bonds is 1. The molecule has 3 rings (SSSR count). The Hall–Kier alpha value is -1.55. The number of hydrogen-bond acceptors (Lipinski definition) is 2. The van der Waals surface area contributed by atoms with E-state index in [4.69, 9.17) is 4.74 Å². The summed E-state index contributed by atoms with van der Waals surface area (Å²) in [6, 6.07) is 7.94. The number of urea groups is 1. The second-order valence-electron chi connectivity index (χ2n) is 6.12. The molecule has 2 amide bonds. The van der Waals surface area contributed by atoms with E-state index >= 15 is 0 Å². The molecule has 2 fully saturated rings. The second-order valence-corrected chi connectivity index (χ2v) is 6.12. The molecular formula is C16H22N2O2. The fourth-order valence-electron chi connectivity index (χ4n) is 3.19. The van der Waals surface area contributed by atoms with Gasteiger partial charge in [0.25, 0.3) is 0 Å². The Labute approximate surface area is 120 Å². The van der Waals surface area contributed by atoms with Crippen LogP contribution in [0, 0.1) is 12.3 Å². The molecule has 0 aromatic heterocycles. The predicted octanol–water partition coefficient (Wildman–Crippen LogP) is 3.03. The standard InChI is InChI=1S/C16H22N2O2/c1-13-3-5-14(6-4-13)17-15(19)18-9-2-7-16(11-18)8-10-20-12-16/h3-6H,2,7-12H2,1H3,(H,17,19). The summed E-state index contributed by atoms with van der Waals surface area (Å²) in [5, 5.41) is 2.99. The van der Waals surface area contributed by atoms with Crippen molar-refractivity contribution in [3.05, 3.63) is 29.8 Å². The Bertz CT molecular complexity index is 478. The van der Waals surface area contributed by atoms with E-state index < -0.39 is 0 Å². The molecule has 1 aromatic carbocycles. The summed E-state index contributed by atoms with van der Waals surface area (Å²) in [4.78, 5) is 14.3. The van der Waals surface area contributed by atoms with Gasteiger partial charge in [-0.15, -0.1) is 0 Å². The molecule has 1 N–H and O–H groups in total. The quantitative estimate of drug-likeness (QED) is 0.855. The van der Waals surface area contributed by atoms with Crippen molar-refractivity contribution in [3.63, 3.8) is 0 Å². The summed E-state index contributed by atoms with van der Waals surface area (Å²) in [7, 11) is 0. The third-order valence-corrected chi connectivity index (χ3v) is 4.44. The minimum absolute atomic E-state index is 0.0137. The fourth-order valence-corrected chi connectivity index (χ4v) is 3.19. The van der Waals surface area contributed by atoms with Crippen molar-refractivity contribution in [2.24, 2.45) is 5.41 Å². The first kappa shape index (κ1) is 13.4. The van der Waals surface area contributed by atoms with Crippen LogP contribution in [0.5, 0.6) is 0 Å². The number of ether oxygens (including phenoxy) is 1. The smallest absolute Gasteiger partial charge is 0.321 e. The molecular weight excluding hydrogens is 252 g/mol. The summed E-state index contributed by atoms with van der Waals surface area (Å²) in [6.07, 6.45) is 3.34. The molecule has 108 valence electrons. The summed E-state index contributed by atoms with van der Waals surface area (Å²) >= 11 is 0. The molecule has 1 aromatic rings. The van der Waals surface area contributed by atoms with Crippen molar-refractivity contribution >= 4 is 11.7 Å². The predicted molar refractivity (Wildman–Crippen MR) is 78.9 cm³/mol. The van der Waals surface area contributed by atoms with Crippen LogP contribution in [0.4, 0.5) is 10.5 Å². The number of piperidine rings is 1. The maximum Gasteiger partial charge on any atom is 0.321 e. The normalized spacial score (nSPS) is 25.9. The van der Waals surface area contributed by atoms with Crippen molar-refractivity contribution in [1.82, 2.24) is 4.90 Å². The van der Waals surface area contributed by atoms with Crippen molar-refractivity contribution in [3.8, 4) is 0 Å². The third kappa shape index (κ3) is 2.80. The molecule has 20 heavy (non-hydrogen) atoms. The topological polar surface area (TPSA) is 41.6 Å². The van der Waals surface area contributed by atoms with Gasteiger partial charge in [-0.1, -0.05) is 17.7 Å². The van der Waals surface area contributed by atoms with Gasteiger partial charge in [0.05, 0.1) is 6.61 Å². The molecule has 2 aliphatic heterocycles. The van der Waals surface area contributed by atoms with E-state index in [1.54, 1.807) is 0 Å². The van der Waals surface area contributed by atoms with Crippen molar-refractivity contribution in [1.29, 1.82) is 0 Å². The molecule has 4 heteroatoms. The van der Waals surface area contributed by atoms with Crippen LogP contribution in [0.25, 0.3) is 0 Å². The Balaban J connectivity index is 1.63. The van der Waals surface area contributed by atoms with Gasteiger partial charge in [-0.3, -0.25) is 0 Å². The number of anilines is 1. The van der Waals surface area contributed by atoms with Crippen molar-refractivity contribution < 1.29 is 9.53 Å². The fraction of sp³-hybridized carbons (Fsp3) is 0.562. The van der Waals surface area contributed by atoms with Gasteiger partial charge >= 0.3 is 6.03 Å². The summed E-state index contributed by atoms with van der Waals surface area (Å²) in [5.41, 5.74) is 2.27. The minimum atomic E-state index is 0.0137. The number of benzene rings is 1. The number of carbonyl (C=O) groups is 1. The maximum absolute atomic E-state index is 12.4. The number of nitrogens with one attached hydrogen (secondary N) is 1. The lowest BCUT2D eigenvalue weighted by molar-refractivity contribution is 0.0867. The van der Waals surface area contributed by atoms with Crippen molar-refractivity contribution in [2.45, 2.75) is 26.2 Å². The molecule has 4 nitrogen and oxygen atoms in total. The van der Waals surface area contributed by atoms with Gasteiger partial charge in [0.2, 0.25) is 0 Å². The lowest BCUT2D eigenvalue weighted by atomic mass is 9.79. The summed E-state index contributed by atoms with van der Waals surface area (Å²) in [5.74, 6) is 0. The first-order valence-electron chi connectivity index (χ1n) is 7.37. The van der Waals surface area contributed by atoms with Gasteiger partial charge in [0.1, 0.15) is 0 Å². The van der Waals surface area contributed by atoms with Crippen molar-refractivity contribution in [2.75, 3.05) is 31.6 Å². The van der Waals surface area contributed by atoms with Crippen LogP contribution in [0.1, 0.15) is 24.8 Å². The highest BCUT2D eigenvalue weighted by Crippen LogP contribution is 2.37. The number of nitrogens with zero attached hydrogens (tertiary/aromatic N) is 1. The Morgan fingerprint density at radius 3 is 2.80 bits per heavy atom. The van der Waals surface area contributed by atoms with Gasteiger partial charge < -0.3 is 15.0 Å². The van der Waals surface area contributed by atoms with E-state index in [-0.39, 0.29) is 11.4 Å². The maximum atomic E-state index is 12.4. The van der Waals surface area contributed by atoms with Gasteiger partial charge in [0.15, 0.2) is 0 Å². The molecule has 2 heterocycles. The molecule has 1 atom stereocenters. The molecule has 0 bridgehead atoms. The van der Waals surface area contributed by atoms with E-state index in [1.807, 2.05) is 36.1 Å². The highest BCUT2D eigenvalue weighted by molar-refractivity contribution is 5.89. The van der Waals surface area contributed by atoms with Gasteiger partial charge in [-0.25, -0.2) is 4.79 Å². The van der Waals surface area contributed by atoms with Crippen LogP contribution >= 0.6 is 0 Å². The monoisotopic (exact) mass is 274 g/mol. The van der Waals surface area contributed by atoms with E-state index in [9.17, 15) is 4.79 Å². The average Bonchev–Trinajstić information content (AvgIpc) is 2.89. The van der Waals surface area contributed by atoms with Crippen LogP contribution in [0.15, 0.2) is 24.3 Å². The summed E-state index contributed by atoms with van der Waals surface area (Å²) in [6.45, 7) is 5.36. The van der Waals surface area contributed by atoms with E-state index in [2.05, 4.69) is 5.32 Å². The van der Waals surface area contributed by atoms with Crippen LogP contribution in [-0.4, -0.2) is 37.2 Å². The number of aryl methyl sites for hydroxylation is 1. The van der Waals surface area contributed by atoms with Gasteiger partial charge in [-0.2, -0.15) is 0 Å². The van der Waals surface area contributed by atoms with Crippen LogP contribution in [0.2, 0.25) is 0 Å². The zero-order valence-electron chi connectivity index (χ0n) is 12.0. The molecule has 1 unspecified atom stereocenters. The molecule has 2 aliphatic rings. The highest BCUT2D eigenvalue weighted by Gasteiger charge is 2.40. The number of amides is 2. The lowest BCUT2D eigenvalue weighted by Gasteiger charge is -2.39. The SMILES string of the molecule is Cc1ccc(NC(=O)N2CCCC3(CCOC3)C2)cc1. The Morgan fingerprint density at radius 2 is 2.10 bits per heavy atom. The number of likely N-dealkylation sites (tertiary alicyclic amines) is 1. The largest absolute Gasteiger partial charge is 0.381 e. The molecule has 0 aliphatic carbocycles. The first-order valence-corrected chi connectivity index (χ1v) is 7.37. The Kier molecular flexibility index (Phi) is 3.66. The zero-order chi connectivity index (χ0) is 14.0. The third-order valence-electron chi connectivity index (χ3n) is 4.44. The van der Waals surface area contributed by atoms with Crippen LogP contribution < -0.4 is 5.32 Å². The average molecular weight is 274 g/mol. The summed E-state index contributed by atoms with van der Waals surface area (Å²) < 4.78 is 5.54. The van der Waals surface area contributed by atoms with Crippen LogP contribution in [0.3, 0.4) is 0 Å². The van der Waals surface area contributed by atoms with Gasteiger partial charge in [-0.05, 0) is 38.3 Å². The molecule has 0 radical (unpaired) electrons. The second kappa shape index (κ2) is 5.44. The minimum Gasteiger partial charge on any atom is -0.381 e.